The summed E-state index contributed by atoms with van der Waals surface area (Å²) in [6.45, 7) is 4.74. The summed E-state index contributed by atoms with van der Waals surface area (Å²) in [5.74, 6) is 1.03. The summed E-state index contributed by atoms with van der Waals surface area (Å²) >= 11 is 0. The number of hydrogen-bond acceptors (Lipinski definition) is 4. The van der Waals surface area contributed by atoms with Gasteiger partial charge in [0.15, 0.2) is 0 Å². The van der Waals surface area contributed by atoms with E-state index < -0.39 is 0 Å². The molecule has 0 radical (unpaired) electrons. The molecule has 4 rings (SSSR count). The van der Waals surface area contributed by atoms with Crippen molar-refractivity contribution in [2.45, 2.75) is 69.7 Å². The summed E-state index contributed by atoms with van der Waals surface area (Å²) in [4.78, 5) is 5.23. The molecule has 2 saturated heterocycles. The fourth-order valence-corrected chi connectivity index (χ4v) is 4.92. The van der Waals surface area contributed by atoms with E-state index in [0.717, 1.165) is 31.8 Å². The second-order valence-electron chi connectivity index (χ2n) is 8.06. The van der Waals surface area contributed by atoms with Gasteiger partial charge in [0.1, 0.15) is 5.75 Å². The van der Waals surface area contributed by atoms with Gasteiger partial charge in [-0.2, -0.15) is 0 Å². The molecule has 1 aliphatic carbocycles. The van der Waals surface area contributed by atoms with Crippen molar-refractivity contribution in [2.24, 2.45) is 0 Å². The molecule has 4 nitrogen and oxygen atoms in total. The lowest BCUT2D eigenvalue weighted by Gasteiger charge is -2.43. The summed E-state index contributed by atoms with van der Waals surface area (Å²) in [7, 11) is 0. The lowest BCUT2D eigenvalue weighted by molar-refractivity contribution is 0.0333. The number of aliphatic hydroxyl groups is 1. The third-order valence-corrected chi connectivity index (χ3v) is 6.26. The van der Waals surface area contributed by atoms with Crippen molar-refractivity contribution < 1.29 is 9.84 Å². The molecule has 1 aromatic carbocycles. The van der Waals surface area contributed by atoms with Gasteiger partial charge in [0.05, 0.1) is 6.10 Å². The quantitative estimate of drug-likeness (QED) is 0.860. The van der Waals surface area contributed by atoms with Crippen molar-refractivity contribution in [3.63, 3.8) is 0 Å². The van der Waals surface area contributed by atoms with Crippen LogP contribution in [-0.4, -0.2) is 59.3 Å². The predicted molar refractivity (Wildman–Crippen MR) is 99.8 cm³/mol. The van der Waals surface area contributed by atoms with Crippen molar-refractivity contribution in [3.05, 3.63) is 29.8 Å². The van der Waals surface area contributed by atoms with Crippen LogP contribution in [0.25, 0.3) is 0 Å². The molecule has 1 saturated carbocycles. The molecule has 1 N–H and O–H groups in total. The van der Waals surface area contributed by atoms with E-state index in [0.29, 0.717) is 18.2 Å². The molecule has 1 unspecified atom stereocenters. The van der Waals surface area contributed by atoms with E-state index in [1.54, 1.807) is 0 Å². The SMILES string of the molecule is OCC[C@H]1CN2CCCC2CN1Cc1cccc(OC2CCCC2)c1. The molecule has 1 aromatic rings. The first kappa shape index (κ1) is 17.3. The number of fused-ring (bicyclic) bond motifs is 1. The van der Waals surface area contributed by atoms with E-state index in [2.05, 4.69) is 34.1 Å². The largest absolute Gasteiger partial charge is 0.490 e. The normalized spacial score (nSPS) is 28.4. The number of ether oxygens (including phenoxy) is 1. The van der Waals surface area contributed by atoms with Gasteiger partial charge < -0.3 is 9.84 Å². The lowest BCUT2D eigenvalue weighted by Crippen LogP contribution is -2.55. The lowest BCUT2D eigenvalue weighted by atomic mass is 10.0. The van der Waals surface area contributed by atoms with Gasteiger partial charge in [0.25, 0.3) is 0 Å². The van der Waals surface area contributed by atoms with E-state index in [1.165, 1.54) is 50.6 Å². The van der Waals surface area contributed by atoms with Crippen molar-refractivity contribution in [2.75, 3.05) is 26.2 Å². The standard InChI is InChI=1S/C21H32N2O2/c24-12-10-19-15-22-11-4-6-18(22)16-23(19)14-17-5-3-9-21(13-17)25-20-7-1-2-8-20/h3,5,9,13,18-20,24H,1-2,4,6-8,10-12,14-16H2/t18?,19-/m0/s1. The van der Waals surface area contributed by atoms with E-state index >= 15 is 0 Å². The molecule has 2 heterocycles. The summed E-state index contributed by atoms with van der Waals surface area (Å²) in [6, 6.07) is 9.87. The van der Waals surface area contributed by atoms with Crippen LogP contribution in [0.2, 0.25) is 0 Å². The highest BCUT2D eigenvalue weighted by molar-refractivity contribution is 5.29. The Morgan fingerprint density at radius 2 is 1.96 bits per heavy atom. The molecule has 0 amide bonds. The summed E-state index contributed by atoms with van der Waals surface area (Å²) in [5.41, 5.74) is 1.34. The number of aliphatic hydroxyl groups excluding tert-OH is 1. The van der Waals surface area contributed by atoms with Crippen LogP contribution in [0.5, 0.6) is 5.75 Å². The topological polar surface area (TPSA) is 35.9 Å². The second-order valence-corrected chi connectivity index (χ2v) is 8.06. The first-order chi connectivity index (χ1) is 12.3. The van der Waals surface area contributed by atoms with E-state index in [4.69, 9.17) is 4.74 Å². The minimum Gasteiger partial charge on any atom is -0.490 e. The van der Waals surface area contributed by atoms with Crippen molar-refractivity contribution in [1.29, 1.82) is 0 Å². The van der Waals surface area contributed by atoms with E-state index in [-0.39, 0.29) is 6.61 Å². The van der Waals surface area contributed by atoms with Crippen LogP contribution in [0, 0.1) is 0 Å². The van der Waals surface area contributed by atoms with Crippen LogP contribution in [0.1, 0.15) is 50.5 Å². The Labute approximate surface area is 151 Å². The maximum Gasteiger partial charge on any atom is 0.120 e. The monoisotopic (exact) mass is 344 g/mol. The highest BCUT2D eigenvalue weighted by Crippen LogP contribution is 2.28. The fraction of sp³-hybridized carbons (Fsp3) is 0.714. The van der Waals surface area contributed by atoms with Gasteiger partial charge in [-0.3, -0.25) is 9.80 Å². The molecule has 4 heteroatoms. The van der Waals surface area contributed by atoms with E-state index in [1.807, 2.05) is 0 Å². The molecule has 2 aliphatic heterocycles. The Kier molecular flexibility index (Phi) is 5.59. The molecule has 0 spiro atoms. The summed E-state index contributed by atoms with van der Waals surface area (Å²) in [5, 5.41) is 9.48. The zero-order valence-corrected chi connectivity index (χ0v) is 15.3. The minimum atomic E-state index is 0.282. The molecule has 25 heavy (non-hydrogen) atoms. The Balaban J connectivity index is 1.42. The number of nitrogens with zero attached hydrogens (tertiary/aromatic N) is 2. The molecule has 3 aliphatic rings. The van der Waals surface area contributed by atoms with Gasteiger partial charge in [-0.15, -0.1) is 0 Å². The average molecular weight is 344 g/mol. The van der Waals surface area contributed by atoms with Gasteiger partial charge in [-0.1, -0.05) is 12.1 Å². The van der Waals surface area contributed by atoms with Crippen LogP contribution in [0.3, 0.4) is 0 Å². The molecule has 2 atom stereocenters. The van der Waals surface area contributed by atoms with Crippen LogP contribution in [-0.2, 0) is 6.54 Å². The molecule has 138 valence electrons. The molecular weight excluding hydrogens is 312 g/mol. The number of hydrogen-bond donors (Lipinski definition) is 1. The van der Waals surface area contributed by atoms with Crippen LogP contribution in [0.4, 0.5) is 0 Å². The summed E-state index contributed by atoms with van der Waals surface area (Å²) < 4.78 is 6.18. The smallest absolute Gasteiger partial charge is 0.120 e. The Bertz CT molecular complexity index is 559. The van der Waals surface area contributed by atoms with Gasteiger partial charge in [-0.05, 0) is 69.2 Å². The van der Waals surface area contributed by atoms with Crippen LogP contribution >= 0.6 is 0 Å². The number of benzene rings is 1. The first-order valence-corrected chi connectivity index (χ1v) is 10.2. The zero-order valence-electron chi connectivity index (χ0n) is 15.3. The van der Waals surface area contributed by atoms with Crippen molar-refractivity contribution in [3.8, 4) is 5.75 Å². The molecule has 0 aromatic heterocycles. The average Bonchev–Trinajstić information content (AvgIpc) is 3.27. The van der Waals surface area contributed by atoms with Gasteiger partial charge in [-0.25, -0.2) is 0 Å². The van der Waals surface area contributed by atoms with E-state index in [9.17, 15) is 5.11 Å². The fourth-order valence-electron chi connectivity index (χ4n) is 4.92. The highest BCUT2D eigenvalue weighted by Gasteiger charge is 2.35. The van der Waals surface area contributed by atoms with Crippen molar-refractivity contribution in [1.82, 2.24) is 9.80 Å². The number of piperazine rings is 1. The Hall–Kier alpha value is -1.10. The summed E-state index contributed by atoms with van der Waals surface area (Å²) in [6.07, 6.45) is 8.96. The molecule has 0 bridgehead atoms. The van der Waals surface area contributed by atoms with Gasteiger partial charge in [0, 0.05) is 38.3 Å². The maximum absolute atomic E-state index is 9.48. The third-order valence-electron chi connectivity index (χ3n) is 6.26. The van der Waals surface area contributed by atoms with Crippen LogP contribution < -0.4 is 4.74 Å². The third kappa shape index (κ3) is 4.18. The second kappa shape index (κ2) is 8.07. The zero-order chi connectivity index (χ0) is 17.1. The predicted octanol–water partition coefficient (Wildman–Crippen LogP) is 3.04. The van der Waals surface area contributed by atoms with Crippen molar-refractivity contribution >= 4 is 0 Å². The maximum atomic E-state index is 9.48. The first-order valence-electron chi connectivity index (χ1n) is 10.2. The molecule has 3 fully saturated rings. The molecular formula is C21H32N2O2. The number of rotatable bonds is 6. The van der Waals surface area contributed by atoms with Crippen LogP contribution in [0.15, 0.2) is 24.3 Å². The highest BCUT2D eigenvalue weighted by atomic mass is 16.5. The minimum absolute atomic E-state index is 0.282. The Morgan fingerprint density at radius 3 is 2.80 bits per heavy atom. The van der Waals surface area contributed by atoms with Gasteiger partial charge >= 0.3 is 0 Å². The van der Waals surface area contributed by atoms with Gasteiger partial charge in [0.2, 0.25) is 0 Å². The Morgan fingerprint density at radius 1 is 1.08 bits per heavy atom.